The van der Waals surface area contributed by atoms with Crippen LogP contribution in [-0.2, 0) is 0 Å². The molecule has 2 aliphatic heterocycles. The minimum atomic E-state index is -0.476. The molecule has 0 radical (unpaired) electrons. The maximum atomic E-state index is 11.9. The van der Waals surface area contributed by atoms with Crippen LogP contribution in [0, 0.1) is 0 Å². The Labute approximate surface area is 161 Å². The van der Waals surface area contributed by atoms with Crippen LogP contribution in [-0.4, -0.2) is 44.0 Å². The van der Waals surface area contributed by atoms with Crippen molar-refractivity contribution in [1.82, 2.24) is 19.9 Å². The van der Waals surface area contributed by atoms with Crippen molar-refractivity contribution in [2.24, 2.45) is 5.73 Å². The molecule has 0 unspecified atom stereocenters. The summed E-state index contributed by atoms with van der Waals surface area (Å²) in [4.78, 5) is 30.3. The van der Waals surface area contributed by atoms with Crippen LogP contribution in [0.2, 0.25) is 0 Å². The molecule has 9 heteroatoms. The molecule has 3 aromatic heterocycles. The molecule has 0 aliphatic carbocycles. The minimum absolute atomic E-state index is 0.245. The van der Waals surface area contributed by atoms with Gasteiger partial charge in [0.25, 0.3) is 5.91 Å². The number of carbonyl (C=O) groups is 1. The lowest BCUT2D eigenvalue weighted by Gasteiger charge is -2.40. The lowest BCUT2D eigenvalue weighted by Crippen LogP contribution is -2.47. The number of pyridine rings is 1. The smallest absolute Gasteiger partial charge is 0.252 e. The molecular formula is C19H22N8O. The highest BCUT2D eigenvalue weighted by Crippen LogP contribution is 2.40. The fourth-order valence-electron chi connectivity index (χ4n) is 4.69. The van der Waals surface area contributed by atoms with Crippen LogP contribution in [0.4, 0.5) is 17.3 Å². The van der Waals surface area contributed by atoms with Crippen molar-refractivity contribution in [3.63, 3.8) is 0 Å². The van der Waals surface area contributed by atoms with E-state index in [0.717, 1.165) is 48.2 Å². The van der Waals surface area contributed by atoms with Gasteiger partial charge < -0.3 is 26.7 Å². The van der Waals surface area contributed by atoms with Gasteiger partial charge in [-0.3, -0.25) is 4.79 Å². The second-order valence-electron chi connectivity index (χ2n) is 7.56. The Hall–Kier alpha value is -3.36. The number of aromatic nitrogens is 4. The number of primary amides is 1. The van der Waals surface area contributed by atoms with Gasteiger partial charge in [-0.2, -0.15) is 0 Å². The molecule has 9 nitrogen and oxygen atoms in total. The highest BCUT2D eigenvalue weighted by Gasteiger charge is 2.41. The number of piperidine rings is 1. The van der Waals surface area contributed by atoms with E-state index in [9.17, 15) is 4.79 Å². The van der Waals surface area contributed by atoms with E-state index in [1.165, 1.54) is 6.20 Å². The van der Waals surface area contributed by atoms with E-state index in [1.54, 1.807) is 12.4 Å². The third-order valence-corrected chi connectivity index (χ3v) is 5.86. The van der Waals surface area contributed by atoms with Gasteiger partial charge in [-0.15, -0.1) is 0 Å². The van der Waals surface area contributed by atoms with Crippen LogP contribution in [0.25, 0.3) is 11.0 Å². The van der Waals surface area contributed by atoms with E-state index in [2.05, 4.69) is 30.2 Å². The van der Waals surface area contributed by atoms with Crippen LogP contribution in [0.15, 0.2) is 30.9 Å². The van der Waals surface area contributed by atoms with E-state index in [-0.39, 0.29) is 6.04 Å². The number of hydrogen-bond acceptors (Lipinski definition) is 7. The topological polar surface area (TPSA) is 139 Å². The summed E-state index contributed by atoms with van der Waals surface area (Å²) in [6, 6.07) is 2.93. The van der Waals surface area contributed by atoms with E-state index in [4.69, 9.17) is 11.5 Å². The number of nitrogens with two attached hydrogens (primary N) is 2. The van der Waals surface area contributed by atoms with Crippen molar-refractivity contribution in [3.05, 3.63) is 36.4 Å². The Morgan fingerprint density at radius 2 is 1.93 bits per heavy atom. The number of nitrogens with zero attached hydrogens (tertiary/aromatic N) is 4. The Morgan fingerprint density at radius 3 is 2.61 bits per heavy atom. The summed E-state index contributed by atoms with van der Waals surface area (Å²) in [5.74, 6) is 0.838. The van der Waals surface area contributed by atoms with Gasteiger partial charge >= 0.3 is 0 Å². The largest absolute Gasteiger partial charge is 0.382 e. The summed E-state index contributed by atoms with van der Waals surface area (Å²) in [6.45, 7) is 0. The fourth-order valence-corrected chi connectivity index (χ4v) is 4.69. The lowest BCUT2D eigenvalue weighted by molar-refractivity contribution is 0.100. The Balaban J connectivity index is 1.41. The molecule has 2 fully saturated rings. The first-order valence-corrected chi connectivity index (χ1v) is 9.48. The van der Waals surface area contributed by atoms with Crippen molar-refractivity contribution in [2.75, 3.05) is 16.0 Å². The van der Waals surface area contributed by atoms with E-state index >= 15 is 0 Å². The van der Waals surface area contributed by atoms with Gasteiger partial charge in [-0.25, -0.2) is 15.0 Å². The van der Waals surface area contributed by atoms with Gasteiger partial charge in [0, 0.05) is 35.9 Å². The third-order valence-electron chi connectivity index (χ3n) is 5.86. The Kier molecular flexibility index (Phi) is 3.81. The molecule has 0 saturated carbocycles. The van der Waals surface area contributed by atoms with Gasteiger partial charge in [0.2, 0.25) is 0 Å². The number of aromatic amines is 1. The number of nitrogen functional groups attached to an aromatic ring is 1. The first kappa shape index (κ1) is 16.8. The van der Waals surface area contributed by atoms with Crippen LogP contribution in [0.3, 0.4) is 0 Å². The van der Waals surface area contributed by atoms with Crippen LogP contribution in [0.5, 0.6) is 0 Å². The number of H-pyrrole nitrogens is 1. The molecule has 2 aliphatic rings. The SMILES string of the molecule is NC(=O)c1cnc2[nH]ccc2c1N[C@@H]1C[C@H]2CC[C@@H](C1)N2c1cnc(N)cn1. The predicted molar refractivity (Wildman–Crippen MR) is 107 cm³/mol. The molecule has 0 spiro atoms. The summed E-state index contributed by atoms with van der Waals surface area (Å²) in [6.07, 6.45) is 10.9. The predicted octanol–water partition coefficient (Wildman–Crippen LogP) is 1.65. The van der Waals surface area contributed by atoms with Crippen LogP contribution >= 0.6 is 0 Å². The molecule has 6 N–H and O–H groups in total. The minimum Gasteiger partial charge on any atom is -0.382 e. The maximum absolute atomic E-state index is 11.9. The first-order chi connectivity index (χ1) is 13.6. The normalized spacial score (nSPS) is 23.9. The average Bonchev–Trinajstić information content (AvgIpc) is 3.25. The zero-order valence-corrected chi connectivity index (χ0v) is 15.3. The molecule has 3 aromatic rings. The number of amides is 1. The molecular weight excluding hydrogens is 356 g/mol. The molecule has 28 heavy (non-hydrogen) atoms. The zero-order valence-electron chi connectivity index (χ0n) is 15.3. The number of fused-ring (bicyclic) bond motifs is 3. The number of hydrogen-bond donors (Lipinski definition) is 4. The zero-order chi connectivity index (χ0) is 19.3. The first-order valence-electron chi connectivity index (χ1n) is 9.48. The van der Waals surface area contributed by atoms with E-state index < -0.39 is 5.91 Å². The van der Waals surface area contributed by atoms with Gasteiger partial charge in [-0.1, -0.05) is 0 Å². The van der Waals surface area contributed by atoms with Gasteiger partial charge in [0.05, 0.1) is 23.6 Å². The fraction of sp³-hybridized carbons (Fsp3) is 0.368. The second kappa shape index (κ2) is 6.36. The van der Waals surface area contributed by atoms with Gasteiger partial charge in [0.15, 0.2) is 0 Å². The van der Waals surface area contributed by atoms with Crippen molar-refractivity contribution >= 4 is 34.3 Å². The Morgan fingerprint density at radius 1 is 1.14 bits per heavy atom. The quantitative estimate of drug-likeness (QED) is 0.541. The highest BCUT2D eigenvalue weighted by molar-refractivity contribution is 6.06. The standard InChI is InChI=1S/C19H22N8O/c20-15-8-24-16(9-23-15)27-11-1-2-12(27)6-10(5-11)26-17-13-3-4-22-19(13)25-7-14(17)18(21)28/h3-4,7-12H,1-2,5-6H2,(H2,20,23)(H2,21,28)(H2,22,25,26)/t10-,11-,12+. The number of nitrogens with one attached hydrogen (secondary N) is 2. The monoisotopic (exact) mass is 378 g/mol. The van der Waals surface area contributed by atoms with Crippen molar-refractivity contribution < 1.29 is 4.79 Å². The highest BCUT2D eigenvalue weighted by atomic mass is 16.1. The molecule has 1 amide bonds. The van der Waals surface area contributed by atoms with Crippen molar-refractivity contribution in [1.29, 1.82) is 0 Å². The summed E-state index contributed by atoms with van der Waals surface area (Å²) < 4.78 is 0. The third kappa shape index (κ3) is 2.70. The maximum Gasteiger partial charge on any atom is 0.252 e. The van der Waals surface area contributed by atoms with Crippen LogP contribution in [0.1, 0.15) is 36.0 Å². The second-order valence-corrected chi connectivity index (χ2v) is 7.56. The van der Waals surface area contributed by atoms with Gasteiger partial charge in [-0.05, 0) is 31.7 Å². The Bertz CT molecular complexity index is 1020. The molecule has 5 heterocycles. The van der Waals surface area contributed by atoms with Crippen molar-refractivity contribution in [3.8, 4) is 0 Å². The number of carbonyl (C=O) groups excluding carboxylic acids is 1. The van der Waals surface area contributed by atoms with Crippen molar-refractivity contribution in [2.45, 2.75) is 43.8 Å². The van der Waals surface area contributed by atoms with E-state index in [1.807, 2.05) is 12.3 Å². The summed E-state index contributed by atoms with van der Waals surface area (Å²) in [7, 11) is 0. The molecule has 5 rings (SSSR count). The molecule has 0 aromatic carbocycles. The molecule has 3 atom stereocenters. The van der Waals surface area contributed by atoms with E-state index in [0.29, 0.717) is 23.5 Å². The van der Waals surface area contributed by atoms with Crippen LogP contribution < -0.4 is 21.7 Å². The molecule has 144 valence electrons. The number of anilines is 3. The molecule has 2 bridgehead atoms. The summed E-state index contributed by atoms with van der Waals surface area (Å²) in [5, 5.41) is 4.48. The summed E-state index contributed by atoms with van der Waals surface area (Å²) >= 11 is 0. The number of rotatable bonds is 4. The van der Waals surface area contributed by atoms with Gasteiger partial charge in [0.1, 0.15) is 17.3 Å². The average molecular weight is 378 g/mol. The summed E-state index contributed by atoms with van der Waals surface area (Å²) in [5.41, 5.74) is 13.2. The molecule has 2 saturated heterocycles. The lowest BCUT2D eigenvalue weighted by atomic mass is 9.96.